The Balaban J connectivity index is 1.96. The first-order valence-electron chi connectivity index (χ1n) is 7.91. The fraction of sp³-hybridized carbons (Fsp3) is 0.316. The van der Waals surface area contributed by atoms with E-state index in [1.54, 1.807) is 23.4 Å². The number of hydrogen-bond acceptors (Lipinski definition) is 4. The number of esters is 1. The molecule has 0 aliphatic carbocycles. The van der Waals surface area contributed by atoms with E-state index in [0.717, 1.165) is 11.3 Å². The molecule has 0 fully saturated rings. The van der Waals surface area contributed by atoms with Gasteiger partial charge in [0.05, 0.1) is 12.5 Å². The van der Waals surface area contributed by atoms with Crippen molar-refractivity contribution in [1.29, 1.82) is 0 Å². The average molecular weight is 324 g/mol. The van der Waals surface area contributed by atoms with Gasteiger partial charge in [-0.15, -0.1) is 0 Å². The molecule has 0 radical (unpaired) electrons. The van der Waals surface area contributed by atoms with E-state index in [9.17, 15) is 9.59 Å². The van der Waals surface area contributed by atoms with Gasteiger partial charge in [-0.3, -0.25) is 14.6 Å². The van der Waals surface area contributed by atoms with Gasteiger partial charge in [-0.25, -0.2) is 0 Å². The molecule has 0 saturated heterocycles. The number of carbonyl (C=O) groups is 2. The summed E-state index contributed by atoms with van der Waals surface area (Å²) in [7, 11) is 0. The lowest BCUT2D eigenvalue weighted by Crippen LogP contribution is -2.31. The van der Waals surface area contributed by atoms with Crippen LogP contribution in [0.4, 0.5) is 5.69 Å². The van der Waals surface area contributed by atoms with Gasteiger partial charge >= 0.3 is 5.97 Å². The van der Waals surface area contributed by atoms with Crippen LogP contribution in [0.1, 0.15) is 49.2 Å². The van der Waals surface area contributed by atoms with Crippen LogP contribution in [0.2, 0.25) is 0 Å². The lowest BCUT2D eigenvalue weighted by Gasteiger charge is -2.26. The Labute approximate surface area is 141 Å². The first-order valence-corrected chi connectivity index (χ1v) is 7.91. The highest BCUT2D eigenvalue weighted by Gasteiger charge is 2.39. The van der Waals surface area contributed by atoms with Gasteiger partial charge in [0, 0.05) is 29.2 Å². The third kappa shape index (κ3) is 3.15. The van der Waals surface area contributed by atoms with Gasteiger partial charge in [0.25, 0.3) is 5.91 Å². The highest BCUT2D eigenvalue weighted by Crippen LogP contribution is 2.39. The summed E-state index contributed by atoms with van der Waals surface area (Å²) < 4.78 is 5.44. The highest BCUT2D eigenvalue weighted by molar-refractivity contribution is 6.11. The van der Waals surface area contributed by atoms with Gasteiger partial charge in [-0.2, -0.15) is 0 Å². The summed E-state index contributed by atoms with van der Waals surface area (Å²) >= 11 is 0. The third-order valence-corrected chi connectivity index (χ3v) is 3.79. The van der Waals surface area contributed by atoms with Crippen LogP contribution in [0.3, 0.4) is 0 Å². The third-order valence-electron chi connectivity index (χ3n) is 3.79. The summed E-state index contributed by atoms with van der Waals surface area (Å²) in [6.07, 6.45) is 3.34. The van der Waals surface area contributed by atoms with Crippen molar-refractivity contribution in [2.45, 2.75) is 38.8 Å². The summed E-state index contributed by atoms with van der Waals surface area (Å²) in [5.41, 5.74) is 1.54. The molecule has 2 aromatic rings. The quantitative estimate of drug-likeness (QED) is 0.811. The van der Waals surface area contributed by atoms with Crippen LogP contribution in [0.5, 0.6) is 0 Å². The van der Waals surface area contributed by atoms with Gasteiger partial charge in [0.1, 0.15) is 5.60 Å². The molecule has 1 aromatic heterocycles. The van der Waals surface area contributed by atoms with Crippen molar-refractivity contribution >= 4 is 17.6 Å². The highest BCUT2D eigenvalue weighted by atomic mass is 16.6. The molecule has 1 aliphatic rings. The molecule has 1 amide bonds. The topological polar surface area (TPSA) is 59.5 Å². The van der Waals surface area contributed by atoms with Crippen molar-refractivity contribution in [3.8, 4) is 0 Å². The van der Waals surface area contributed by atoms with Crippen LogP contribution in [0.15, 0.2) is 48.8 Å². The molecule has 1 aromatic carbocycles. The van der Waals surface area contributed by atoms with E-state index in [0.29, 0.717) is 5.56 Å². The van der Waals surface area contributed by atoms with E-state index in [2.05, 4.69) is 4.98 Å². The average Bonchev–Trinajstić information content (AvgIpc) is 2.79. The molecule has 5 nitrogen and oxygen atoms in total. The zero-order chi connectivity index (χ0) is 17.3. The summed E-state index contributed by atoms with van der Waals surface area (Å²) in [6.45, 7) is 5.49. The van der Waals surface area contributed by atoms with Gasteiger partial charge in [0.15, 0.2) is 0 Å². The van der Waals surface area contributed by atoms with E-state index in [-0.39, 0.29) is 18.3 Å². The molecule has 1 atom stereocenters. The second-order valence-corrected chi connectivity index (χ2v) is 6.78. The van der Waals surface area contributed by atoms with Gasteiger partial charge in [0.2, 0.25) is 0 Å². The minimum absolute atomic E-state index is 0.0938. The zero-order valence-corrected chi connectivity index (χ0v) is 14.0. The monoisotopic (exact) mass is 324 g/mol. The summed E-state index contributed by atoms with van der Waals surface area (Å²) in [5.74, 6) is -0.454. The SMILES string of the molecule is CC(C)(C)OC(=O)CC1c2cnccc2C(=O)N1c1ccccc1. The van der Waals surface area contributed by atoms with Crippen LogP contribution < -0.4 is 4.90 Å². The van der Waals surface area contributed by atoms with E-state index in [1.807, 2.05) is 51.1 Å². The van der Waals surface area contributed by atoms with E-state index in [4.69, 9.17) is 4.74 Å². The molecule has 5 heteroatoms. The Hall–Kier alpha value is -2.69. The molecule has 0 saturated carbocycles. The fourth-order valence-corrected chi connectivity index (χ4v) is 2.91. The number of fused-ring (bicyclic) bond motifs is 1. The predicted molar refractivity (Wildman–Crippen MR) is 90.7 cm³/mol. The number of rotatable bonds is 3. The molecule has 124 valence electrons. The Morgan fingerprint density at radius 3 is 2.58 bits per heavy atom. The molecule has 3 rings (SSSR count). The normalized spacial score (nSPS) is 16.9. The van der Waals surface area contributed by atoms with Crippen molar-refractivity contribution in [3.05, 3.63) is 59.9 Å². The molecule has 0 N–H and O–H groups in total. The number of pyridine rings is 1. The lowest BCUT2D eigenvalue weighted by molar-refractivity contribution is -0.155. The van der Waals surface area contributed by atoms with Crippen LogP contribution in [0.25, 0.3) is 0 Å². The largest absolute Gasteiger partial charge is 0.460 e. The number of hydrogen-bond donors (Lipinski definition) is 0. The summed E-state index contributed by atoms with van der Waals surface area (Å²) in [4.78, 5) is 30.9. The number of benzene rings is 1. The Bertz CT molecular complexity index is 766. The maximum Gasteiger partial charge on any atom is 0.308 e. The second-order valence-electron chi connectivity index (χ2n) is 6.78. The van der Waals surface area contributed by atoms with Crippen molar-refractivity contribution < 1.29 is 14.3 Å². The standard InChI is InChI=1S/C19H20N2O3/c1-19(2,3)24-17(22)11-16-15-12-20-10-9-14(15)18(23)21(16)13-7-5-4-6-8-13/h4-10,12,16H,11H2,1-3H3. The first kappa shape index (κ1) is 16.2. The number of aromatic nitrogens is 1. The Morgan fingerprint density at radius 2 is 1.92 bits per heavy atom. The van der Waals surface area contributed by atoms with Crippen LogP contribution in [0, 0.1) is 0 Å². The molecular formula is C19H20N2O3. The minimum atomic E-state index is -0.560. The lowest BCUT2D eigenvalue weighted by atomic mass is 10.0. The summed E-state index contributed by atoms with van der Waals surface area (Å²) in [5, 5.41) is 0. The van der Waals surface area contributed by atoms with Crippen LogP contribution in [-0.4, -0.2) is 22.5 Å². The number of anilines is 1. The second kappa shape index (κ2) is 6.07. The van der Waals surface area contributed by atoms with Crippen molar-refractivity contribution in [1.82, 2.24) is 4.98 Å². The Morgan fingerprint density at radius 1 is 1.21 bits per heavy atom. The molecular weight excluding hydrogens is 304 g/mol. The van der Waals surface area contributed by atoms with Crippen molar-refractivity contribution in [2.24, 2.45) is 0 Å². The van der Waals surface area contributed by atoms with Crippen molar-refractivity contribution in [3.63, 3.8) is 0 Å². The number of para-hydroxylation sites is 1. The van der Waals surface area contributed by atoms with E-state index < -0.39 is 11.6 Å². The molecule has 1 unspecified atom stereocenters. The maximum absolute atomic E-state index is 12.8. The van der Waals surface area contributed by atoms with E-state index in [1.165, 1.54) is 0 Å². The van der Waals surface area contributed by atoms with Gasteiger partial charge < -0.3 is 9.64 Å². The van der Waals surface area contributed by atoms with Crippen LogP contribution in [-0.2, 0) is 9.53 Å². The maximum atomic E-state index is 12.8. The van der Waals surface area contributed by atoms with E-state index >= 15 is 0 Å². The molecule has 24 heavy (non-hydrogen) atoms. The number of amides is 1. The smallest absolute Gasteiger partial charge is 0.308 e. The molecule has 2 heterocycles. The summed E-state index contributed by atoms with van der Waals surface area (Å²) in [6, 6.07) is 10.6. The molecule has 1 aliphatic heterocycles. The Kier molecular flexibility index (Phi) is 4.09. The fourth-order valence-electron chi connectivity index (χ4n) is 2.91. The minimum Gasteiger partial charge on any atom is -0.460 e. The van der Waals surface area contributed by atoms with Gasteiger partial charge in [-0.05, 0) is 39.0 Å². The molecule has 0 bridgehead atoms. The number of carbonyl (C=O) groups excluding carboxylic acids is 2. The zero-order valence-electron chi connectivity index (χ0n) is 14.0. The van der Waals surface area contributed by atoms with Gasteiger partial charge in [-0.1, -0.05) is 18.2 Å². The first-order chi connectivity index (χ1) is 11.4. The number of ether oxygens (including phenoxy) is 1. The predicted octanol–water partition coefficient (Wildman–Crippen LogP) is 3.51. The number of nitrogens with zero attached hydrogens (tertiary/aromatic N) is 2. The van der Waals surface area contributed by atoms with Crippen LogP contribution >= 0.6 is 0 Å². The molecule has 0 spiro atoms. The van der Waals surface area contributed by atoms with Crippen molar-refractivity contribution in [2.75, 3.05) is 4.90 Å².